The number of carboxylic acid groups (broad SMARTS) is 1. The molecule has 142 valence electrons. The minimum Gasteiger partial charge on any atom is -0.483 e. The Hall–Kier alpha value is -1.79. The lowest BCUT2D eigenvalue weighted by Crippen LogP contribution is -2.58. The minimum atomic E-state index is -1.27. The van der Waals surface area contributed by atoms with Crippen LogP contribution in [0.2, 0.25) is 5.02 Å². The van der Waals surface area contributed by atoms with Crippen molar-refractivity contribution >= 4 is 23.5 Å². The van der Waals surface area contributed by atoms with Crippen LogP contribution in [0.15, 0.2) is 18.2 Å². The van der Waals surface area contributed by atoms with E-state index in [4.69, 9.17) is 16.3 Å². The number of hydrogen-bond donors (Lipinski definition) is 2. The molecule has 2 fully saturated rings. The first-order valence-electron chi connectivity index (χ1n) is 8.90. The highest BCUT2D eigenvalue weighted by atomic mass is 35.5. The molecule has 1 aliphatic heterocycles. The van der Waals surface area contributed by atoms with Crippen LogP contribution in [0, 0.1) is 18.3 Å². The number of halogens is 1. The lowest BCUT2D eigenvalue weighted by atomic mass is 9.73. The maximum atomic E-state index is 12.6. The second kappa shape index (κ2) is 7.45. The molecule has 1 saturated carbocycles. The topological polar surface area (TPSA) is 87.1 Å². The molecule has 0 radical (unpaired) electrons. The van der Waals surface area contributed by atoms with E-state index in [1.165, 1.54) is 4.90 Å². The third-order valence-corrected chi connectivity index (χ3v) is 5.64. The first-order chi connectivity index (χ1) is 12.3. The van der Waals surface area contributed by atoms with Gasteiger partial charge in [0.1, 0.15) is 11.2 Å². The van der Waals surface area contributed by atoms with E-state index in [9.17, 15) is 19.8 Å². The summed E-state index contributed by atoms with van der Waals surface area (Å²) >= 11 is 5.91. The van der Waals surface area contributed by atoms with Crippen LogP contribution >= 0.6 is 11.6 Å². The van der Waals surface area contributed by atoms with Crippen molar-refractivity contribution in [3.8, 4) is 5.75 Å². The lowest BCUT2D eigenvalue weighted by Gasteiger charge is -2.43. The Bertz CT molecular complexity index is 705. The van der Waals surface area contributed by atoms with Gasteiger partial charge in [0, 0.05) is 18.1 Å². The quantitative estimate of drug-likeness (QED) is 0.790. The summed E-state index contributed by atoms with van der Waals surface area (Å²) in [6.45, 7) is 2.04. The summed E-state index contributed by atoms with van der Waals surface area (Å²) < 4.78 is 5.60. The summed E-state index contributed by atoms with van der Waals surface area (Å²) in [5, 5.41) is 20.7. The molecule has 1 aromatic rings. The molecule has 0 spiro atoms. The van der Waals surface area contributed by atoms with E-state index < -0.39 is 17.5 Å². The summed E-state index contributed by atoms with van der Waals surface area (Å²) in [6, 6.07) is 5.15. The van der Waals surface area contributed by atoms with Crippen molar-refractivity contribution in [1.29, 1.82) is 0 Å². The Labute approximate surface area is 157 Å². The molecule has 1 aromatic carbocycles. The molecule has 1 amide bonds. The number of piperidine rings is 1. The van der Waals surface area contributed by atoms with E-state index in [2.05, 4.69) is 0 Å². The fourth-order valence-electron chi connectivity index (χ4n) is 3.63. The summed E-state index contributed by atoms with van der Waals surface area (Å²) in [4.78, 5) is 26.0. The zero-order valence-corrected chi connectivity index (χ0v) is 15.5. The van der Waals surface area contributed by atoms with Gasteiger partial charge in [-0.3, -0.25) is 9.59 Å². The normalized spacial score (nSPS) is 25.8. The van der Waals surface area contributed by atoms with Crippen molar-refractivity contribution in [2.45, 2.75) is 38.7 Å². The number of hydrogen-bond acceptors (Lipinski definition) is 4. The number of carbonyl (C=O) groups excluding carboxylic acids is 1. The SMILES string of the molecule is Cc1cc(Cl)ccc1OCC(=O)N1CC[C@H](O)[C@@](CC2CC2)(C(=O)O)C1. The van der Waals surface area contributed by atoms with Crippen molar-refractivity contribution in [3.63, 3.8) is 0 Å². The zero-order valence-electron chi connectivity index (χ0n) is 14.8. The van der Waals surface area contributed by atoms with Gasteiger partial charge in [-0.25, -0.2) is 0 Å². The molecule has 2 N–H and O–H groups in total. The highest BCUT2D eigenvalue weighted by Gasteiger charge is 2.52. The van der Waals surface area contributed by atoms with Crippen LogP contribution in [0.1, 0.15) is 31.2 Å². The van der Waals surface area contributed by atoms with E-state index >= 15 is 0 Å². The molecule has 0 aromatic heterocycles. The van der Waals surface area contributed by atoms with Gasteiger partial charge >= 0.3 is 5.97 Å². The van der Waals surface area contributed by atoms with Crippen LogP contribution in [0.4, 0.5) is 0 Å². The molecule has 0 bridgehead atoms. The van der Waals surface area contributed by atoms with Gasteiger partial charge < -0.3 is 19.8 Å². The van der Waals surface area contributed by atoms with Gasteiger partial charge in [-0.15, -0.1) is 0 Å². The second-order valence-electron chi connectivity index (χ2n) is 7.43. The third-order valence-electron chi connectivity index (χ3n) is 5.40. The number of nitrogens with zero attached hydrogens (tertiary/aromatic N) is 1. The van der Waals surface area contributed by atoms with E-state index in [-0.39, 0.29) is 25.5 Å². The first-order valence-corrected chi connectivity index (χ1v) is 9.28. The van der Waals surface area contributed by atoms with E-state index in [0.717, 1.165) is 18.4 Å². The molecule has 1 saturated heterocycles. The van der Waals surface area contributed by atoms with Crippen LogP contribution in [0.25, 0.3) is 0 Å². The predicted octanol–water partition coefficient (Wildman–Crippen LogP) is 2.49. The molecule has 3 rings (SSSR count). The van der Waals surface area contributed by atoms with Crippen molar-refractivity contribution in [1.82, 2.24) is 4.90 Å². The molecular weight excluding hydrogens is 358 g/mol. The molecule has 0 unspecified atom stereocenters. The Morgan fingerprint density at radius 1 is 1.35 bits per heavy atom. The van der Waals surface area contributed by atoms with Crippen LogP contribution in [0.5, 0.6) is 5.75 Å². The minimum absolute atomic E-state index is 0.0296. The third kappa shape index (κ3) is 3.96. The van der Waals surface area contributed by atoms with Crippen LogP contribution in [-0.4, -0.2) is 52.8 Å². The van der Waals surface area contributed by atoms with E-state index in [1.807, 2.05) is 6.92 Å². The average Bonchev–Trinajstić information content (AvgIpc) is 3.39. The standard InChI is InChI=1S/C19H24ClNO5/c1-12-8-14(20)4-5-15(12)26-10-17(23)21-7-6-16(22)19(11-21,18(24)25)9-13-2-3-13/h4-5,8,13,16,22H,2-3,6-7,9-11H2,1H3,(H,24,25)/t16-,19-/m0/s1. The lowest BCUT2D eigenvalue weighted by molar-refractivity contribution is -0.167. The second-order valence-corrected chi connectivity index (χ2v) is 7.86. The molecular formula is C19H24ClNO5. The van der Waals surface area contributed by atoms with E-state index in [0.29, 0.717) is 29.7 Å². The number of ether oxygens (including phenoxy) is 1. The number of aliphatic hydroxyl groups is 1. The number of amides is 1. The number of aryl methyl sites for hydroxylation is 1. The molecule has 2 atom stereocenters. The van der Waals surface area contributed by atoms with Gasteiger partial charge in [-0.2, -0.15) is 0 Å². The van der Waals surface area contributed by atoms with Crippen LogP contribution < -0.4 is 4.74 Å². The zero-order chi connectivity index (χ0) is 18.9. The Balaban J connectivity index is 1.66. The monoisotopic (exact) mass is 381 g/mol. The van der Waals surface area contributed by atoms with Crippen molar-refractivity contribution in [2.75, 3.05) is 19.7 Å². The summed E-state index contributed by atoms with van der Waals surface area (Å²) in [7, 11) is 0. The Kier molecular flexibility index (Phi) is 5.44. The fourth-order valence-corrected chi connectivity index (χ4v) is 3.86. The van der Waals surface area contributed by atoms with Crippen LogP contribution in [-0.2, 0) is 9.59 Å². The molecule has 7 heteroatoms. The van der Waals surface area contributed by atoms with Gasteiger partial charge in [-0.05, 0) is 49.4 Å². The number of carboxylic acids is 1. The van der Waals surface area contributed by atoms with Crippen molar-refractivity contribution in [2.24, 2.45) is 11.3 Å². The first kappa shape index (κ1) is 19.0. The van der Waals surface area contributed by atoms with Gasteiger partial charge in [0.15, 0.2) is 6.61 Å². The molecule has 1 heterocycles. The molecule has 6 nitrogen and oxygen atoms in total. The van der Waals surface area contributed by atoms with Gasteiger partial charge in [0.2, 0.25) is 0 Å². The summed E-state index contributed by atoms with van der Waals surface area (Å²) in [5.41, 5.74) is -0.446. The highest BCUT2D eigenvalue weighted by Crippen LogP contribution is 2.45. The fraction of sp³-hybridized carbons (Fsp3) is 0.579. The number of likely N-dealkylation sites (tertiary alicyclic amines) is 1. The van der Waals surface area contributed by atoms with E-state index in [1.54, 1.807) is 18.2 Å². The maximum absolute atomic E-state index is 12.6. The molecule has 1 aliphatic carbocycles. The Morgan fingerprint density at radius 2 is 2.08 bits per heavy atom. The number of benzene rings is 1. The number of aliphatic hydroxyl groups excluding tert-OH is 1. The van der Waals surface area contributed by atoms with Gasteiger partial charge in [0.05, 0.1) is 6.10 Å². The number of carbonyl (C=O) groups is 2. The molecule has 26 heavy (non-hydrogen) atoms. The van der Waals surface area contributed by atoms with Gasteiger partial charge in [0.25, 0.3) is 5.91 Å². The van der Waals surface area contributed by atoms with Crippen molar-refractivity contribution < 1.29 is 24.5 Å². The maximum Gasteiger partial charge on any atom is 0.314 e. The van der Waals surface area contributed by atoms with Crippen LogP contribution in [0.3, 0.4) is 0 Å². The smallest absolute Gasteiger partial charge is 0.314 e. The summed E-state index contributed by atoms with van der Waals surface area (Å²) in [5.74, 6) is -0.387. The van der Waals surface area contributed by atoms with Gasteiger partial charge in [-0.1, -0.05) is 24.4 Å². The molecule has 2 aliphatic rings. The highest BCUT2D eigenvalue weighted by molar-refractivity contribution is 6.30. The number of aliphatic carboxylic acids is 1. The Morgan fingerprint density at radius 3 is 2.69 bits per heavy atom. The van der Waals surface area contributed by atoms with Crippen molar-refractivity contribution in [3.05, 3.63) is 28.8 Å². The largest absolute Gasteiger partial charge is 0.483 e. The predicted molar refractivity (Wildman–Crippen MR) is 96.3 cm³/mol. The average molecular weight is 382 g/mol. The summed E-state index contributed by atoms with van der Waals surface area (Å²) in [6.07, 6.45) is 1.75. The number of rotatable bonds is 6.